The van der Waals surface area contributed by atoms with Gasteiger partial charge in [0, 0.05) is 16.7 Å². The first kappa shape index (κ1) is 17.2. The molecule has 8 heteroatoms. The summed E-state index contributed by atoms with van der Waals surface area (Å²) in [4.78, 5) is 3.82. The van der Waals surface area contributed by atoms with Gasteiger partial charge in [-0.15, -0.1) is 0 Å². The van der Waals surface area contributed by atoms with Crippen molar-refractivity contribution in [3.63, 3.8) is 0 Å². The minimum absolute atomic E-state index is 0.00136. The van der Waals surface area contributed by atoms with Gasteiger partial charge in [0.25, 0.3) is 0 Å². The number of nitrogens with zero attached hydrogens (tertiary/aromatic N) is 1. The van der Waals surface area contributed by atoms with Gasteiger partial charge in [0.2, 0.25) is 10.0 Å². The molecule has 1 atom stereocenters. The zero-order valence-corrected chi connectivity index (χ0v) is 14.7. The summed E-state index contributed by atoms with van der Waals surface area (Å²) in [6.07, 6.45) is 2.24. The molecule has 0 fully saturated rings. The molecule has 0 aliphatic rings. The Morgan fingerprint density at radius 3 is 2.89 bits per heavy atom. The normalized spacial score (nSPS) is 13.5. The molecule has 108 valence electrons. The van der Waals surface area contributed by atoms with Gasteiger partial charge >= 0.3 is 0 Å². The maximum atomic E-state index is 12.2. The Labute approximate surface area is 131 Å². The van der Waals surface area contributed by atoms with Crippen molar-refractivity contribution in [3.8, 4) is 0 Å². The van der Waals surface area contributed by atoms with Gasteiger partial charge in [-0.1, -0.05) is 18.5 Å². The molecular formula is C11H16BrClN2O2S2. The van der Waals surface area contributed by atoms with Crippen LogP contribution >= 0.6 is 39.3 Å². The molecule has 1 rings (SSSR count). The monoisotopic (exact) mass is 386 g/mol. The van der Waals surface area contributed by atoms with Gasteiger partial charge in [-0.3, -0.25) is 0 Å². The SMILES string of the molecule is CCSCCC(C)NS(=O)(=O)c1cc(Br)cnc1Cl. The molecule has 0 bridgehead atoms. The summed E-state index contributed by atoms with van der Waals surface area (Å²) in [6.45, 7) is 3.92. The van der Waals surface area contributed by atoms with Crippen LogP contribution in [0, 0.1) is 0 Å². The molecule has 0 spiro atoms. The summed E-state index contributed by atoms with van der Waals surface area (Å²) in [5.41, 5.74) is 0. The van der Waals surface area contributed by atoms with E-state index in [1.807, 2.05) is 6.92 Å². The lowest BCUT2D eigenvalue weighted by atomic mass is 10.3. The molecule has 0 saturated carbocycles. The summed E-state index contributed by atoms with van der Waals surface area (Å²) in [7, 11) is -3.63. The van der Waals surface area contributed by atoms with Gasteiger partial charge < -0.3 is 0 Å². The first-order valence-electron chi connectivity index (χ1n) is 5.78. The molecule has 1 aromatic rings. The summed E-state index contributed by atoms with van der Waals surface area (Å²) in [5, 5.41) is -0.0224. The first-order valence-corrected chi connectivity index (χ1v) is 9.58. The van der Waals surface area contributed by atoms with E-state index in [1.54, 1.807) is 11.8 Å². The number of aromatic nitrogens is 1. The second kappa shape index (κ2) is 7.83. The Balaban J connectivity index is 2.78. The van der Waals surface area contributed by atoms with Crippen molar-refractivity contribution in [1.29, 1.82) is 0 Å². The number of hydrogen-bond donors (Lipinski definition) is 1. The fourth-order valence-electron chi connectivity index (χ4n) is 1.38. The standard InChI is InChI=1S/C11H16BrClN2O2S2/c1-3-18-5-4-8(2)15-19(16,17)10-6-9(12)7-14-11(10)13/h6-8,15H,3-5H2,1-2H3. The topological polar surface area (TPSA) is 59.1 Å². The van der Waals surface area contributed by atoms with Crippen molar-refractivity contribution in [1.82, 2.24) is 9.71 Å². The predicted octanol–water partition coefficient (Wildman–Crippen LogP) is 3.31. The van der Waals surface area contributed by atoms with Crippen LogP contribution in [0.4, 0.5) is 0 Å². The van der Waals surface area contributed by atoms with Crippen LogP contribution in [0.25, 0.3) is 0 Å². The molecule has 0 aliphatic heterocycles. The van der Waals surface area contributed by atoms with Crippen LogP contribution in [0.2, 0.25) is 5.15 Å². The first-order chi connectivity index (χ1) is 8.86. The lowest BCUT2D eigenvalue weighted by Gasteiger charge is -2.14. The van der Waals surface area contributed by atoms with Gasteiger partial charge in [0.1, 0.15) is 10.0 Å². The average Bonchev–Trinajstić information content (AvgIpc) is 2.32. The Kier molecular flexibility index (Phi) is 7.10. The van der Waals surface area contributed by atoms with E-state index in [4.69, 9.17) is 11.6 Å². The molecule has 0 aromatic carbocycles. The number of hydrogen-bond acceptors (Lipinski definition) is 4. The Bertz CT molecular complexity index is 525. The van der Waals surface area contributed by atoms with Crippen molar-refractivity contribution in [2.75, 3.05) is 11.5 Å². The van der Waals surface area contributed by atoms with E-state index in [1.165, 1.54) is 12.3 Å². The highest BCUT2D eigenvalue weighted by Gasteiger charge is 2.21. The number of halogens is 2. The molecule has 0 radical (unpaired) electrons. The Morgan fingerprint density at radius 2 is 2.26 bits per heavy atom. The fraction of sp³-hybridized carbons (Fsp3) is 0.545. The second-order valence-corrected chi connectivity index (χ2v) is 8.30. The van der Waals surface area contributed by atoms with E-state index in [0.717, 1.165) is 17.9 Å². The molecule has 0 aliphatic carbocycles. The number of nitrogens with one attached hydrogen (secondary N) is 1. The van der Waals surface area contributed by atoms with Crippen molar-refractivity contribution in [3.05, 3.63) is 21.9 Å². The molecule has 1 unspecified atom stereocenters. The lowest BCUT2D eigenvalue weighted by molar-refractivity contribution is 0.556. The minimum Gasteiger partial charge on any atom is -0.242 e. The molecule has 0 saturated heterocycles. The smallest absolute Gasteiger partial charge is 0.242 e. The van der Waals surface area contributed by atoms with Crippen molar-refractivity contribution in [2.45, 2.75) is 31.2 Å². The van der Waals surface area contributed by atoms with Gasteiger partial charge in [0.05, 0.1) is 0 Å². The molecule has 1 N–H and O–H groups in total. The summed E-state index contributed by atoms with van der Waals surface area (Å²) in [5.74, 6) is 1.95. The maximum absolute atomic E-state index is 12.2. The van der Waals surface area contributed by atoms with Crippen LogP contribution in [0.3, 0.4) is 0 Å². The van der Waals surface area contributed by atoms with Gasteiger partial charge in [0.15, 0.2) is 0 Å². The van der Waals surface area contributed by atoms with E-state index in [9.17, 15) is 8.42 Å². The van der Waals surface area contributed by atoms with E-state index in [2.05, 4.69) is 32.6 Å². The highest BCUT2D eigenvalue weighted by Crippen LogP contribution is 2.23. The van der Waals surface area contributed by atoms with E-state index >= 15 is 0 Å². The Hall–Kier alpha value is 0.180. The van der Waals surface area contributed by atoms with Gasteiger partial charge in [-0.05, 0) is 46.8 Å². The quantitative estimate of drug-likeness (QED) is 0.576. The van der Waals surface area contributed by atoms with Crippen molar-refractivity contribution in [2.24, 2.45) is 0 Å². The van der Waals surface area contributed by atoms with Crippen LogP contribution in [0.15, 0.2) is 21.6 Å². The fourth-order valence-corrected chi connectivity index (χ4v) is 4.42. The number of thioether (sulfide) groups is 1. The molecule has 0 amide bonds. The van der Waals surface area contributed by atoms with Gasteiger partial charge in [-0.2, -0.15) is 11.8 Å². The zero-order chi connectivity index (χ0) is 14.5. The molecular weight excluding hydrogens is 372 g/mol. The minimum atomic E-state index is -3.63. The lowest BCUT2D eigenvalue weighted by Crippen LogP contribution is -2.33. The largest absolute Gasteiger partial charge is 0.243 e. The summed E-state index contributed by atoms with van der Waals surface area (Å²) in [6, 6.07) is 1.31. The van der Waals surface area contributed by atoms with E-state index in [-0.39, 0.29) is 16.1 Å². The third-order valence-electron chi connectivity index (χ3n) is 2.32. The third kappa shape index (κ3) is 5.59. The van der Waals surface area contributed by atoms with Crippen LogP contribution < -0.4 is 4.72 Å². The van der Waals surface area contributed by atoms with Gasteiger partial charge in [-0.25, -0.2) is 18.1 Å². The van der Waals surface area contributed by atoms with E-state index in [0.29, 0.717) is 4.47 Å². The van der Waals surface area contributed by atoms with Crippen molar-refractivity contribution >= 4 is 49.3 Å². The number of pyridine rings is 1. The average molecular weight is 388 g/mol. The molecule has 19 heavy (non-hydrogen) atoms. The maximum Gasteiger partial charge on any atom is 0.243 e. The van der Waals surface area contributed by atoms with Crippen LogP contribution in [-0.2, 0) is 10.0 Å². The molecule has 4 nitrogen and oxygen atoms in total. The molecule has 1 aromatic heterocycles. The second-order valence-electron chi connectivity index (χ2n) is 3.95. The number of rotatable bonds is 7. The van der Waals surface area contributed by atoms with E-state index < -0.39 is 10.0 Å². The highest BCUT2D eigenvalue weighted by molar-refractivity contribution is 9.10. The summed E-state index contributed by atoms with van der Waals surface area (Å²) < 4.78 is 27.6. The Morgan fingerprint density at radius 1 is 1.58 bits per heavy atom. The zero-order valence-electron chi connectivity index (χ0n) is 10.7. The predicted molar refractivity (Wildman–Crippen MR) is 84.3 cm³/mol. The van der Waals surface area contributed by atoms with Crippen LogP contribution in [-0.4, -0.2) is 30.9 Å². The summed E-state index contributed by atoms with van der Waals surface area (Å²) >= 11 is 10.8. The van der Waals surface area contributed by atoms with Crippen LogP contribution in [0.5, 0.6) is 0 Å². The highest BCUT2D eigenvalue weighted by atomic mass is 79.9. The third-order valence-corrected chi connectivity index (χ3v) is 5.70. The molecule has 1 heterocycles. The van der Waals surface area contributed by atoms with Crippen LogP contribution in [0.1, 0.15) is 20.3 Å². The van der Waals surface area contributed by atoms with Crippen molar-refractivity contribution < 1.29 is 8.42 Å². The number of sulfonamides is 1.